The third-order valence-corrected chi connectivity index (χ3v) is 3.27. The summed E-state index contributed by atoms with van der Waals surface area (Å²) in [5, 5.41) is 30.9. The summed E-state index contributed by atoms with van der Waals surface area (Å²) in [6.45, 7) is 0. The van der Waals surface area contributed by atoms with Crippen molar-refractivity contribution in [2.24, 2.45) is 0 Å². The van der Waals surface area contributed by atoms with Crippen molar-refractivity contribution >= 4 is 27.3 Å². The Hall–Kier alpha value is -1.28. The van der Waals surface area contributed by atoms with E-state index >= 15 is 0 Å². The molecule has 0 atom stereocenters. The van der Waals surface area contributed by atoms with E-state index in [9.17, 15) is 0 Å². The number of hydrogen-bond donors (Lipinski definition) is 5. The zero-order valence-corrected chi connectivity index (χ0v) is 13.5. The molecule has 0 aliphatic carbocycles. The third-order valence-electron chi connectivity index (χ3n) is 2.95. The van der Waals surface area contributed by atoms with Crippen molar-refractivity contribution in [1.29, 1.82) is 0 Å². The van der Waals surface area contributed by atoms with Crippen molar-refractivity contribution in [2.75, 3.05) is 5.75 Å². The molecule has 0 aromatic heterocycles. The lowest BCUT2D eigenvalue weighted by Gasteiger charge is -2.08. The Kier molecular flexibility index (Phi) is 9.70. The Labute approximate surface area is 142 Å². The monoisotopic (exact) mass is 334 g/mol. The van der Waals surface area contributed by atoms with Gasteiger partial charge >= 0.3 is 14.6 Å². The van der Waals surface area contributed by atoms with Crippen LogP contribution < -0.4 is 0 Å². The summed E-state index contributed by atoms with van der Waals surface area (Å²) < 4.78 is 3.47. The summed E-state index contributed by atoms with van der Waals surface area (Å²) in [5.41, 5.74) is 4.07. The Morgan fingerprint density at radius 3 is 1.91 bits per heavy atom. The van der Waals surface area contributed by atoms with Crippen molar-refractivity contribution in [3.05, 3.63) is 60.2 Å². The molecule has 0 aliphatic heterocycles. The van der Waals surface area contributed by atoms with Gasteiger partial charge in [-0.2, -0.15) is 12.6 Å². The molecule has 0 saturated carbocycles. The molecule has 5 nitrogen and oxygen atoms in total. The lowest BCUT2D eigenvalue weighted by molar-refractivity contribution is 0.213. The molecule has 0 spiro atoms. The fraction of sp³-hybridized carbons (Fsp3) is 0.200. The van der Waals surface area contributed by atoms with Gasteiger partial charge in [0.2, 0.25) is 0 Å². The first-order valence-corrected chi connectivity index (χ1v) is 7.79. The first kappa shape index (κ1) is 19.8. The van der Waals surface area contributed by atoms with E-state index in [4.69, 9.17) is 20.1 Å². The van der Waals surface area contributed by atoms with Crippen LogP contribution in [0, 0.1) is 0 Å². The summed E-state index contributed by atoms with van der Waals surface area (Å²) in [4.78, 5) is 0. The van der Waals surface area contributed by atoms with Crippen LogP contribution in [0.25, 0.3) is 11.1 Å². The molecule has 2 aromatic rings. The zero-order chi connectivity index (χ0) is 17.1. The maximum atomic E-state index is 7.74. The number of benzene rings is 2. The standard InChI is InChI=1S/C15H16S.B2H4O5/c16-12-6-10-14-9-4-5-11-15(14)13-7-2-1-3-8-13;3-1(4)7-2(5)6/h1-5,7-9,11,16H,6,10,12H2;3-6H. The summed E-state index contributed by atoms with van der Waals surface area (Å²) in [5.74, 6) is 0.948. The maximum absolute atomic E-state index is 7.74. The average Bonchev–Trinajstić information content (AvgIpc) is 2.53. The Balaban J connectivity index is 0.000000322. The number of hydrogen-bond acceptors (Lipinski definition) is 6. The molecule has 0 fully saturated rings. The van der Waals surface area contributed by atoms with Gasteiger partial charge in [-0.1, -0.05) is 54.6 Å². The molecule has 0 aliphatic rings. The summed E-state index contributed by atoms with van der Waals surface area (Å²) in [6, 6.07) is 19.2. The molecule has 2 rings (SSSR count). The SMILES string of the molecule is OB(O)OB(O)O.SCCCc1ccccc1-c1ccccc1. The van der Waals surface area contributed by atoms with Crippen molar-refractivity contribution in [2.45, 2.75) is 12.8 Å². The second-order valence-electron chi connectivity index (χ2n) is 4.64. The van der Waals surface area contributed by atoms with Crippen LogP contribution in [0.1, 0.15) is 12.0 Å². The molecule has 4 N–H and O–H groups in total. The minimum absolute atomic E-state index is 0.948. The van der Waals surface area contributed by atoms with Crippen LogP contribution in [-0.4, -0.2) is 40.5 Å². The molecule has 2 aromatic carbocycles. The van der Waals surface area contributed by atoms with E-state index in [1.54, 1.807) is 0 Å². The molecule has 8 heteroatoms. The summed E-state index contributed by atoms with van der Waals surface area (Å²) in [6.07, 6.45) is 2.24. The second-order valence-corrected chi connectivity index (χ2v) is 5.09. The van der Waals surface area contributed by atoms with Gasteiger partial charge in [0.25, 0.3) is 0 Å². The number of rotatable bonds is 6. The zero-order valence-electron chi connectivity index (χ0n) is 12.6. The topological polar surface area (TPSA) is 90.2 Å². The normalized spacial score (nSPS) is 9.78. The maximum Gasteiger partial charge on any atom is 0.621 e. The second kappa shape index (κ2) is 11.3. The Morgan fingerprint density at radius 1 is 0.826 bits per heavy atom. The van der Waals surface area contributed by atoms with Crippen LogP contribution in [-0.2, 0) is 11.0 Å². The van der Waals surface area contributed by atoms with Crippen LogP contribution in [0.5, 0.6) is 0 Å². The van der Waals surface area contributed by atoms with Gasteiger partial charge in [0.15, 0.2) is 0 Å². The van der Waals surface area contributed by atoms with Crippen molar-refractivity contribution in [3.8, 4) is 11.1 Å². The first-order valence-electron chi connectivity index (χ1n) is 7.16. The van der Waals surface area contributed by atoms with Crippen LogP contribution in [0.4, 0.5) is 0 Å². The van der Waals surface area contributed by atoms with Crippen LogP contribution in [0.3, 0.4) is 0 Å². The Morgan fingerprint density at radius 2 is 1.39 bits per heavy atom. The van der Waals surface area contributed by atoms with E-state index in [0.717, 1.165) is 18.6 Å². The molecule has 0 heterocycles. The van der Waals surface area contributed by atoms with Gasteiger partial charge in [0.1, 0.15) is 0 Å². The largest absolute Gasteiger partial charge is 0.621 e. The minimum atomic E-state index is -2.13. The van der Waals surface area contributed by atoms with Crippen LogP contribution in [0.15, 0.2) is 54.6 Å². The first-order chi connectivity index (χ1) is 11.0. The van der Waals surface area contributed by atoms with Crippen LogP contribution in [0.2, 0.25) is 0 Å². The number of aryl methyl sites for hydroxylation is 1. The highest BCUT2D eigenvalue weighted by molar-refractivity contribution is 7.80. The highest BCUT2D eigenvalue weighted by Crippen LogP contribution is 2.24. The molecule has 0 unspecified atom stereocenters. The summed E-state index contributed by atoms with van der Waals surface area (Å²) >= 11 is 4.27. The van der Waals surface area contributed by atoms with Gasteiger partial charge in [-0.25, -0.2) is 0 Å². The van der Waals surface area contributed by atoms with Crippen molar-refractivity contribution in [3.63, 3.8) is 0 Å². The third kappa shape index (κ3) is 8.22. The molecule has 0 radical (unpaired) electrons. The molecule has 23 heavy (non-hydrogen) atoms. The lowest BCUT2D eigenvalue weighted by atomic mass is 9.97. The fourth-order valence-corrected chi connectivity index (χ4v) is 2.17. The number of thiol groups is 1. The van der Waals surface area contributed by atoms with E-state index in [0.29, 0.717) is 0 Å². The van der Waals surface area contributed by atoms with Crippen LogP contribution >= 0.6 is 12.6 Å². The van der Waals surface area contributed by atoms with E-state index in [2.05, 4.69) is 71.8 Å². The van der Waals surface area contributed by atoms with Gasteiger partial charge < -0.3 is 24.7 Å². The molecule has 0 saturated heterocycles. The predicted octanol–water partition coefficient (Wildman–Crippen LogP) is 1.16. The van der Waals surface area contributed by atoms with Gasteiger partial charge in [0, 0.05) is 0 Å². The van der Waals surface area contributed by atoms with Gasteiger partial charge in [0.05, 0.1) is 0 Å². The highest BCUT2D eigenvalue weighted by Gasteiger charge is 2.18. The van der Waals surface area contributed by atoms with E-state index in [1.165, 1.54) is 16.7 Å². The van der Waals surface area contributed by atoms with E-state index < -0.39 is 14.6 Å². The van der Waals surface area contributed by atoms with Crippen molar-refractivity contribution in [1.82, 2.24) is 0 Å². The van der Waals surface area contributed by atoms with E-state index in [1.807, 2.05) is 0 Å². The smallest absolute Gasteiger partial charge is 0.402 e. The predicted molar refractivity (Wildman–Crippen MR) is 95.5 cm³/mol. The van der Waals surface area contributed by atoms with Gasteiger partial charge in [-0.3, -0.25) is 0 Å². The summed E-state index contributed by atoms with van der Waals surface area (Å²) in [7, 11) is -4.25. The minimum Gasteiger partial charge on any atom is -0.402 e. The highest BCUT2D eigenvalue weighted by atomic mass is 32.1. The van der Waals surface area contributed by atoms with Crippen molar-refractivity contribution < 1.29 is 24.7 Å². The molecular weight excluding hydrogens is 314 g/mol. The molecule has 0 bridgehead atoms. The molecule has 0 amide bonds. The fourth-order valence-electron chi connectivity index (χ4n) is 2.02. The molecule has 122 valence electrons. The van der Waals surface area contributed by atoms with Gasteiger partial charge in [-0.15, -0.1) is 0 Å². The molecular formula is C15H20B2O5S. The quantitative estimate of drug-likeness (QED) is 0.404. The van der Waals surface area contributed by atoms with E-state index in [-0.39, 0.29) is 0 Å². The lowest BCUT2D eigenvalue weighted by Crippen LogP contribution is -2.28. The average molecular weight is 334 g/mol. The Bertz CT molecular complexity index is 549. The van der Waals surface area contributed by atoms with Gasteiger partial charge in [-0.05, 0) is 35.3 Å².